The van der Waals surface area contributed by atoms with Crippen LogP contribution in [0.2, 0.25) is 5.02 Å². The number of benzene rings is 1. The predicted molar refractivity (Wildman–Crippen MR) is 57.3 cm³/mol. The van der Waals surface area contributed by atoms with Crippen LogP contribution in [0.5, 0.6) is 0 Å². The SMILES string of the molecule is Fc1c(Cl)cccc1CNc1cn[nH]c1. The summed E-state index contributed by atoms with van der Waals surface area (Å²) < 4.78 is 13.4. The van der Waals surface area contributed by atoms with Crippen LogP contribution in [0.3, 0.4) is 0 Å². The topological polar surface area (TPSA) is 40.7 Å². The normalized spacial score (nSPS) is 10.3. The van der Waals surface area contributed by atoms with E-state index < -0.39 is 0 Å². The Balaban J connectivity index is 2.08. The molecule has 5 heteroatoms. The average Bonchev–Trinajstić information content (AvgIpc) is 2.73. The second-order valence-electron chi connectivity index (χ2n) is 3.05. The number of halogens is 2. The molecular weight excluding hydrogens is 217 g/mol. The number of nitrogens with zero attached hydrogens (tertiary/aromatic N) is 1. The van der Waals surface area contributed by atoms with Crippen molar-refractivity contribution >= 4 is 17.3 Å². The van der Waals surface area contributed by atoms with Crippen molar-refractivity contribution in [2.75, 3.05) is 5.32 Å². The molecule has 3 nitrogen and oxygen atoms in total. The molecule has 0 aliphatic carbocycles. The first kappa shape index (κ1) is 9.98. The van der Waals surface area contributed by atoms with E-state index in [0.29, 0.717) is 12.1 Å². The fraction of sp³-hybridized carbons (Fsp3) is 0.100. The van der Waals surface area contributed by atoms with E-state index >= 15 is 0 Å². The van der Waals surface area contributed by atoms with E-state index in [4.69, 9.17) is 11.6 Å². The summed E-state index contributed by atoms with van der Waals surface area (Å²) in [6, 6.07) is 4.93. The first-order valence-electron chi connectivity index (χ1n) is 4.43. The van der Waals surface area contributed by atoms with E-state index in [-0.39, 0.29) is 10.8 Å². The Bertz CT molecular complexity index is 442. The first-order valence-corrected chi connectivity index (χ1v) is 4.80. The molecule has 0 aliphatic rings. The Kier molecular flexibility index (Phi) is 2.87. The Morgan fingerprint density at radius 3 is 3.07 bits per heavy atom. The maximum Gasteiger partial charge on any atom is 0.146 e. The number of nitrogens with one attached hydrogen (secondary N) is 2. The van der Waals surface area contributed by atoms with Crippen molar-refractivity contribution < 1.29 is 4.39 Å². The van der Waals surface area contributed by atoms with Gasteiger partial charge < -0.3 is 5.32 Å². The van der Waals surface area contributed by atoms with Gasteiger partial charge in [-0.25, -0.2) is 4.39 Å². The summed E-state index contributed by atoms with van der Waals surface area (Å²) in [6.45, 7) is 0.381. The summed E-state index contributed by atoms with van der Waals surface area (Å²) in [5.41, 5.74) is 1.35. The van der Waals surface area contributed by atoms with Crippen LogP contribution in [0.4, 0.5) is 10.1 Å². The lowest BCUT2D eigenvalue weighted by molar-refractivity contribution is 0.613. The van der Waals surface area contributed by atoms with E-state index in [0.717, 1.165) is 5.69 Å². The lowest BCUT2D eigenvalue weighted by Crippen LogP contribution is -2.01. The van der Waals surface area contributed by atoms with Crippen molar-refractivity contribution in [3.05, 3.63) is 47.0 Å². The van der Waals surface area contributed by atoms with Gasteiger partial charge in [-0.1, -0.05) is 23.7 Å². The average molecular weight is 226 g/mol. The van der Waals surface area contributed by atoms with Crippen molar-refractivity contribution in [3.63, 3.8) is 0 Å². The number of rotatable bonds is 3. The molecule has 1 heterocycles. The lowest BCUT2D eigenvalue weighted by Gasteiger charge is -2.05. The standard InChI is InChI=1S/C10H9ClFN3/c11-9-3-1-2-7(10(9)12)4-13-8-5-14-15-6-8/h1-3,5-6,13H,4H2,(H,14,15). The maximum absolute atomic E-state index is 13.4. The highest BCUT2D eigenvalue weighted by atomic mass is 35.5. The van der Waals surface area contributed by atoms with Gasteiger partial charge >= 0.3 is 0 Å². The fourth-order valence-corrected chi connectivity index (χ4v) is 1.42. The van der Waals surface area contributed by atoms with Gasteiger partial charge in [-0.3, -0.25) is 5.10 Å². The van der Waals surface area contributed by atoms with Gasteiger partial charge in [0.15, 0.2) is 0 Å². The second-order valence-corrected chi connectivity index (χ2v) is 3.46. The molecule has 0 radical (unpaired) electrons. The third-order valence-electron chi connectivity index (χ3n) is 2.01. The van der Waals surface area contributed by atoms with Crippen molar-refractivity contribution in [2.24, 2.45) is 0 Å². The molecular formula is C10H9ClFN3. The minimum atomic E-state index is -0.379. The van der Waals surface area contributed by atoms with Crippen LogP contribution in [0.1, 0.15) is 5.56 Å². The number of aromatic amines is 1. The highest BCUT2D eigenvalue weighted by molar-refractivity contribution is 6.30. The van der Waals surface area contributed by atoms with Gasteiger partial charge in [0.2, 0.25) is 0 Å². The molecule has 0 saturated heterocycles. The van der Waals surface area contributed by atoms with E-state index in [9.17, 15) is 4.39 Å². The monoisotopic (exact) mass is 225 g/mol. The summed E-state index contributed by atoms with van der Waals surface area (Å²) in [7, 11) is 0. The number of aromatic nitrogens is 2. The third-order valence-corrected chi connectivity index (χ3v) is 2.30. The quantitative estimate of drug-likeness (QED) is 0.843. The summed E-state index contributed by atoms with van der Waals surface area (Å²) in [5.74, 6) is -0.379. The molecule has 0 atom stereocenters. The van der Waals surface area contributed by atoms with Crippen molar-refractivity contribution in [2.45, 2.75) is 6.54 Å². The van der Waals surface area contributed by atoms with E-state index in [1.807, 2.05) is 0 Å². The van der Waals surface area contributed by atoms with Crippen LogP contribution >= 0.6 is 11.6 Å². The van der Waals surface area contributed by atoms with E-state index in [1.54, 1.807) is 24.5 Å². The van der Waals surface area contributed by atoms with Gasteiger partial charge in [-0.2, -0.15) is 5.10 Å². The Labute approximate surface area is 91.3 Å². The number of hydrogen-bond donors (Lipinski definition) is 2. The Morgan fingerprint density at radius 1 is 1.47 bits per heavy atom. The van der Waals surface area contributed by atoms with Crippen LogP contribution in [-0.4, -0.2) is 10.2 Å². The molecule has 2 aromatic rings. The highest BCUT2D eigenvalue weighted by Gasteiger charge is 2.05. The van der Waals surface area contributed by atoms with Crippen molar-refractivity contribution in [1.29, 1.82) is 0 Å². The smallest absolute Gasteiger partial charge is 0.146 e. The number of hydrogen-bond acceptors (Lipinski definition) is 2. The lowest BCUT2D eigenvalue weighted by atomic mass is 10.2. The largest absolute Gasteiger partial charge is 0.378 e. The third kappa shape index (κ3) is 2.27. The van der Waals surface area contributed by atoms with Gasteiger partial charge in [0.25, 0.3) is 0 Å². The number of H-pyrrole nitrogens is 1. The maximum atomic E-state index is 13.4. The summed E-state index contributed by atoms with van der Waals surface area (Å²) >= 11 is 5.65. The van der Waals surface area contributed by atoms with Crippen LogP contribution < -0.4 is 5.32 Å². The minimum Gasteiger partial charge on any atom is -0.378 e. The van der Waals surface area contributed by atoms with Gasteiger partial charge in [0.05, 0.1) is 16.9 Å². The summed E-state index contributed by atoms with van der Waals surface area (Å²) in [6.07, 6.45) is 3.32. The summed E-state index contributed by atoms with van der Waals surface area (Å²) in [4.78, 5) is 0. The number of anilines is 1. The molecule has 2 rings (SSSR count). The van der Waals surface area contributed by atoms with Crippen LogP contribution in [0, 0.1) is 5.82 Å². The molecule has 0 saturated carbocycles. The zero-order chi connectivity index (χ0) is 10.7. The Hall–Kier alpha value is -1.55. The molecule has 0 fully saturated rings. The molecule has 1 aromatic carbocycles. The zero-order valence-corrected chi connectivity index (χ0v) is 8.55. The Morgan fingerprint density at radius 2 is 2.33 bits per heavy atom. The van der Waals surface area contributed by atoms with Crippen LogP contribution in [-0.2, 0) is 6.54 Å². The van der Waals surface area contributed by atoms with Gasteiger partial charge in [0, 0.05) is 18.3 Å². The fourth-order valence-electron chi connectivity index (χ4n) is 1.23. The summed E-state index contributed by atoms with van der Waals surface area (Å²) in [5, 5.41) is 9.58. The molecule has 0 unspecified atom stereocenters. The van der Waals surface area contributed by atoms with Gasteiger partial charge in [-0.15, -0.1) is 0 Å². The molecule has 0 bridgehead atoms. The van der Waals surface area contributed by atoms with Crippen molar-refractivity contribution in [1.82, 2.24) is 10.2 Å². The molecule has 1 aromatic heterocycles. The second kappa shape index (κ2) is 4.31. The molecule has 78 valence electrons. The molecule has 0 amide bonds. The van der Waals surface area contributed by atoms with Crippen LogP contribution in [0.25, 0.3) is 0 Å². The predicted octanol–water partition coefficient (Wildman–Crippen LogP) is 2.81. The van der Waals surface area contributed by atoms with E-state index in [1.165, 1.54) is 6.07 Å². The van der Waals surface area contributed by atoms with Crippen molar-refractivity contribution in [3.8, 4) is 0 Å². The van der Waals surface area contributed by atoms with E-state index in [2.05, 4.69) is 15.5 Å². The molecule has 0 spiro atoms. The van der Waals surface area contributed by atoms with Crippen LogP contribution in [0.15, 0.2) is 30.6 Å². The highest BCUT2D eigenvalue weighted by Crippen LogP contribution is 2.18. The first-order chi connectivity index (χ1) is 7.27. The zero-order valence-electron chi connectivity index (χ0n) is 7.80. The molecule has 15 heavy (non-hydrogen) atoms. The molecule has 0 aliphatic heterocycles. The molecule has 2 N–H and O–H groups in total. The minimum absolute atomic E-state index is 0.140. The van der Waals surface area contributed by atoms with Gasteiger partial charge in [-0.05, 0) is 6.07 Å². The van der Waals surface area contributed by atoms with Gasteiger partial charge in [0.1, 0.15) is 5.82 Å².